The van der Waals surface area contributed by atoms with E-state index in [9.17, 15) is 9.59 Å². The number of nitrogens with one attached hydrogen (secondary N) is 1. The number of carbonyl (C=O) groups excluding carboxylic acids is 2. The molecule has 3 aromatic rings. The molecular weight excluding hydrogens is 472 g/mol. The van der Waals surface area contributed by atoms with Gasteiger partial charge < -0.3 is 10.1 Å². The normalized spacial score (nSPS) is 12.2. The van der Waals surface area contributed by atoms with Gasteiger partial charge in [0.1, 0.15) is 11.1 Å². The van der Waals surface area contributed by atoms with E-state index in [0.717, 1.165) is 39.7 Å². The molecule has 0 saturated heterocycles. The minimum Gasteiger partial charge on any atom is -0.351 e. The molecule has 0 unspecified atom stereocenters. The SMILES string of the molecule is Brc1ccccc1.CC(C)C.O=CCCNC(=O)c1cc2cc3c(nc2s1)CCCC3. The molecule has 2 aromatic heterocycles. The van der Waals surface area contributed by atoms with Gasteiger partial charge in [0.05, 0.1) is 4.88 Å². The van der Waals surface area contributed by atoms with Crippen molar-refractivity contribution in [1.29, 1.82) is 0 Å². The number of aromatic nitrogens is 1. The van der Waals surface area contributed by atoms with E-state index in [1.807, 2.05) is 36.4 Å². The Kier molecular flexibility index (Phi) is 10.9. The summed E-state index contributed by atoms with van der Waals surface area (Å²) in [6.45, 7) is 6.89. The molecule has 1 amide bonds. The van der Waals surface area contributed by atoms with Crippen molar-refractivity contribution >= 4 is 49.7 Å². The molecule has 31 heavy (non-hydrogen) atoms. The van der Waals surface area contributed by atoms with Crippen molar-refractivity contribution in [3.63, 3.8) is 0 Å². The van der Waals surface area contributed by atoms with Gasteiger partial charge in [-0.25, -0.2) is 4.98 Å². The second-order valence-electron chi connectivity index (χ2n) is 8.05. The van der Waals surface area contributed by atoms with Gasteiger partial charge >= 0.3 is 0 Å². The second kappa shape index (κ2) is 13.4. The number of hydrogen-bond donors (Lipinski definition) is 1. The zero-order valence-electron chi connectivity index (χ0n) is 18.5. The largest absolute Gasteiger partial charge is 0.351 e. The molecule has 1 aromatic carbocycles. The van der Waals surface area contributed by atoms with Crippen LogP contribution in [0.1, 0.15) is 61.0 Å². The van der Waals surface area contributed by atoms with Crippen molar-refractivity contribution in [2.24, 2.45) is 5.92 Å². The summed E-state index contributed by atoms with van der Waals surface area (Å²) < 4.78 is 1.13. The van der Waals surface area contributed by atoms with E-state index in [4.69, 9.17) is 4.98 Å². The predicted octanol–water partition coefficient (Wildman–Crippen LogP) is 6.61. The maximum Gasteiger partial charge on any atom is 0.261 e. The molecule has 0 spiro atoms. The summed E-state index contributed by atoms with van der Waals surface area (Å²) >= 11 is 4.74. The number of fused-ring (bicyclic) bond motifs is 2. The molecule has 1 N–H and O–H groups in total. The Morgan fingerprint density at radius 1 is 1.16 bits per heavy atom. The summed E-state index contributed by atoms with van der Waals surface area (Å²) in [5, 5.41) is 3.79. The van der Waals surface area contributed by atoms with E-state index in [-0.39, 0.29) is 5.91 Å². The Morgan fingerprint density at radius 2 is 1.84 bits per heavy atom. The molecule has 4 rings (SSSR count). The van der Waals surface area contributed by atoms with Gasteiger partial charge in [-0.3, -0.25) is 4.79 Å². The number of nitrogens with zero attached hydrogens (tertiary/aromatic N) is 1. The lowest BCUT2D eigenvalue weighted by molar-refractivity contribution is -0.107. The molecule has 0 aliphatic heterocycles. The summed E-state index contributed by atoms with van der Waals surface area (Å²) in [7, 11) is 0. The molecule has 1 aliphatic carbocycles. The van der Waals surface area contributed by atoms with Crippen LogP contribution in [0.5, 0.6) is 0 Å². The summed E-state index contributed by atoms with van der Waals surface area (Å²) in [5.74, 6) is 0.716. The maximum absolute atomic E-state index is 12.0. The molecule has 166 valence electrons. The van der Waals surface area contributed by atoms with Crippen LogP contribution in [0.3, 0.4) is 0 Å². The quantitative estimate of drug-likeness (QED) is 0.322. The standard InChI is InChI=1S/C15H16N2O2S.C6H5Br.C4H10/c18-7-3-6-16-14(19)13-9-11-8-10-4-1-2-5-12(10)17-15(11)20-13;7-6-4-2-1-3-5-6;1-4(2)3/h7-9H,1-6H2,(H,16,19);1-5H;4H,1-3H3. The van der Waals surface area contributed by atoms with E-state index in [1.165, 1.54) is 35.4 Å². The third-order valence-corrected chi connectivity index (χ3v) is 5.86. The van der Waals surface area contributed by atoms with Crippen molar-refractivity contribution < 1.29 is 9.59 Å². The van der Waals surface area contributed by atoms with Crippen molar-refractivity contribution in [3.05, 3.63) is 63.1 Å². The minimum atomic E-state index is -0.118. The van der Waals surface area contributed by atoms with E-state index in [1.54, 1.807) is 0 Å². The number of hydrogen-bond acceptors (Lipinski definition) is 4. The van der Waals surface area contributed by atoms with Crippen molar-refractivity contribution in [2.45, 2.75) is 52.9 Å². The van der Waals surface area contributed by atoms with Crippen LogP contribution in [0.4, 0.5) is 0 Å². The van der Waals surface area contributed by atoms with Crippen molar-refractivity contribution in [2.75, 3.05) is 6.54 Å². The molecule has 6 heteroatoms. The zero-order valence-corrected chi connectivity index (χ0v) is 20.9. The lowest BCUT2D eigenvalue weighted by atomic mass is 9.96. The summed E-state index contributed by atoms with van der Waals surface area (Å²) in [6, 6.07) is 14.0. The van der Waals surface area contributed by atoms with Gasteiger partial charge in [0, 0.05) is 28.5 Å². The predicted molar refractivity (Wildman–Crippen MR) is 134 cm³/mol. The highest BCUT2D eigenvalue weighted by atomic mass is 79.9. The van der Waals surface area contributed by atoms with E-state index in [2.05, 4.69) is 48.1 Å². The Morgan fingerprint density at radius 3 is 2.45 bits per heavy atom. The average Bonchev–Trinajstić information content (AvgIpc) is 3.16. The van der Waals surface area contributed by atoms with Gasteiger partial charge in [0.2, 0.25) is 0 Å². The smallest absolute Gasteiger partial charge is 0.261 e. The van der Waals surface area contributed by atoms with E-state index >= 15 is 0 Å². The lowest BCUT2D eigenvalue weighted by Crippen LogP contribution is -2.23. The molecule has 1 aliphatic rings. The Bertz CT molecular complexity index is 925. The fraction of sp³-hybridized carbons (Fsp3) is 0.400. The van der Waals surface area contributed by atoms with Gasteiger partial charge in [0.15, 0.2) is 0 Å². The van der Waals surface area contributed by atoms with Crippen molar-refractivity contribution in [1.82, 2.24) is 10.3 Å². The van der Waals surface area contributed by atoms with Crippen LogP contribution in [0, 0.1) is 5.92 Å². The number of halogens is 1. The van der Waals surface area contributed by atoms with Crippen LogP contribution >= 0.6 is 27.3 Å². The topological polar surface area (TPSA) is 59.1 Å². The molecule has 0 bridgehead atoms. The first-order chi connectivity index (χ1) is 14.9. The van der Waals surface area contributed by atoms with Crippen LogP contribution < -0.4 is 5.32 Å². The lowest BCUT2D eigenvalue weighted by Gasteiger charge is -2.13. The second-order valence-corrected chi connectivity index (χ2v) is 9.99. The highest BCUT2D eigenvalue weighted by molar-refractivity contribution is 9.10. The van der Waals surface area contributed by atoms with E-state index in [0.29, 0.717) is 17.8 Å². The number of carbonyl (C=O) groups is 2. The minimum absolute atomic E-state index is 0.118. The summed E-state index contributed by atoms with van der Waals surface area (Å²) in [6.07, 6.45) is 5.72. The molecular formula is C25H31BrN2O2S. The number of thiophene rings is 1. The maximum atomic E-state index is 12.0. The van der Waals surface area contributed by atoms with Gasteiger partial charge in [0.25, 0.3) is 5.91 Å². The third-order valence-electron chi connectivity index (χ3n) is 4.29. The number of rotatable bonds is 4. The fourth-order valence-corrected chi connectivity index (χ4v) is 4.21. The molecule has 2 heterocycles. The Hall–Kier alpha value is -2.05. The number of pyridine rings is 1. The Labute approximate surface area is 197 Å². The molecule has 0 radical (unpaired) electrons. The van der Waals surface area contributed by atoms with Gasteiger partial charge in [-0.1, -0.05) is 54.9 Å². The van der Waals surface area contributed by atoms with E-state index < -0.39 is 0 Å². The van der Waals surface area contributed by atoms with Gasteiger partial charge in [-0.15, -0.1) is 11.3 Å². The number of benzene rings is 1. The highest BCUT2D eigenvalue weighted by Crippen LogP contribution is 2.29. The zero-order chi connectivity index (χ0) is 22.6. The molecule has 0 fully saturated rings. The fourth-order valence-electron chi connectivity index (χ4n) is 2.95. The van der Waals surface area contributed by atoms with Crippen LogP contribution in [0.15, 0.2) is 46.9 Å². The first-order valence-corrected chi connectivity index (χ1v) is 12.4. The van der Waals surface area contributed by atoms with Gasteiger partial charge in [-0.05, 0) is 61.4 Å². The number of aryl methyl sites for hydroxylation is 2. The average molecular weight is 504 g/mol. The summed E-state index contributed by atoms with van der Waals surface area (Å²) in [5.41, 5.74) is 2.52. The monoisotopic (exact) mass is 502 g/mol. The first kappa shape index (κ1) is 25.2. The third kappa shape index (κ3) is 8.91. The van der Waals surface area contributed by atoms with Crippen LogP contribution in [0.25, 0.3) is 10.2 Å². The van der Waals surface area contributed by atoms with Gasteiger partial charge in [-0.2, -0.15) is 0 Å². The highest BCUT2D eigenvalue weighted by Gasteiger charge is 2.15. The Balaban J connectivity index is 0.000000256. The number of aldehydes is 1. The van der Waals surface area contributed by atoms with Crippen LogP contribution in [0.2, 0.25) is 0 Å². The van der Waals surface area contributed by atoms with Crippen LogP contribution in [-0.2, 0) is 17.6 Å². The van der Waals surface area contributed by atoms with Crippen molar-refractivity contribution in [3.8, 4) is 0 Å². The van der Waals surface area contributed by atoms with Crippen LogP contribution in [-0.4, -0.2) is 23.7 Å². The molecule has 0 saturated carbocycles. The number of amides is 1. The first-order valence-electron chi connectivity index (χ1n) is 10.8. The molecule has 4 nitrogen and oxygen atoms in total. The molecule has 0 atom stereocenters. The summed E-state index contributed by atoms with van der Waals surface area (Å²) in [4.78, 5) is 28.5.